The average molecular weight is 624 g/mol. The smallest absolute Gasteiger partial charge is 0.0368 e. The van der Waals surface area contributed by atoms with Gasteiger partial charge >= 0.3 is 0 Å². The lowest BCUT2D eigenvalue weighted by Gasteiger charge is -2.27. The molecular weight excluding hydrogens is 571 g/mol. The zero-order chi connectivity index (χ0) is 33.0. The van der Waals surface area contributed by atoms with Crippen molar-refractivity contribution in [1.82, 2.24) is 0 Å². The predicted octanol–water partition coefficient (Wildman–Crippen LogP) is 10.7. The normalized spacial score (nSPS) is 11.1. The fraction of sp³-hybridized carbons (Fsp3) is 0.318. The minimum atomic E-state index is 0.153. The Morgan fingerprint density at radius 1 is 0.511 bits per heavy atom. The number of benzene rings is 5. The predicted molar refractivity (Wildman–Crippen MR) is 205 cm³/mol. The van der Waals surface area contributed by atoms with Crippen molar-refractivity contribution in [3.63, 3.8) is 0 Å². The van der Waals surface area contributed by atoms with Crippen LogP contribution in [0.2, 0.25) is 0 Å². The van der Waals surface area contributed by atoms with E-state index in [1.807, 2.05) is 0 Å². The van der Waals surface area contributed by atoms with Gasteiger partial charge in [0.2, 0.25) is 0 Å². The molecule has 0 fully saturated rings. The van der Waals surface area contributed by atoms with Gasteiger partial charge in [-0.1, -0.05) is 78.9 Å². The third-order valence-electron chi connectivity index (χ3n) is 9.48. The van der Waals surface area contributed by atoms with E-state index >= 15 is 0 Å². The van der Waals surface area contributed by atoms with Gasteiger partial charge in [-0.3, -0.25) is 0 Å². The van der Waals surface area contributed by atoms with E-state index < -0.39 is 0 Å². The molecule has 0 radical (unpaired) electrons. The highest BCUT2D eigenvalue weighted by molar-refractivity contribution is 5.60. The van der Waals surface area contributed by atoms with Gasteiger partial charge in [0.15, 0.2) is 0 Å². The number of aryl methyl sites for hydroxylation is 5. The summed E-state index contributed by atoms with van der Waals surface area (Å²) in [5.74, 6) is 0.153. The first-order valence-electron chi connectivity index (χ1n) is 17.6. The molecular formula is C44H53N3. The summed E-state index contributed by atoms with van der Waals surface area (Å²) in [5.41, 5.74) is 14.6. The van der Waals surface area contributed by atoms with Gasteiger partial charge in [0.25, 0.3) is 0 Å². The molecule has 0 heterocycles. The zero-order valence-corrected chi connectivity index (χ0v) is 29.2. The topological polar surface area (TPSA) is 27.3 Å². The lowest BCUT2D eigenvalue weighted by molar-refractivity contribution is 0.860. The Morgan fingerprint density at radius 2 is 0.936 bits per heavy atom. The summed E-state index contributed by atoms with van der Waals surface area (Å²) in [6.07, 6.45) is 4.40. The van der Waals surface area contributed by atoms with Crippen molar-refractivity contribution in [2.45, 2.75) is 66.2 Å². The molecule has 0 saturated carbocycles. The van der Waals surface area contributed by atoms with Crippen LogP contribution in [0.4, 0.5) is 17.1 Å². The lowest BCUT2D eigenvalue weighted by atomic mass is 9.79. The van der Waals surface area contributed by atoms with E-state index in [4.69, 9.17) is 0 Å². The van der Waals surface area contributed by atoms with Gasteiger partial charge in [0.1, 0.15) is 0 Å². The number of anilines is 3. The second kappa shape index (κ2) is 16.9. The summed E-state index contributed by atoms with van der Waals surface area (Å²) in [7, 11) is 0. The number of rotatable bonds is 16. The van der Waals surface area contributed by atoms with E-state index in [1.165, 1.54) is 61.6 Å². The highest BCUT2D eigenvalue weighted by atomic mass is 15.1. The fourth-order valence-electron chi connectivity index (χ4n) is 6.83. The minimum absolute atomic E-state index is 0.153. The maximum atomic E-state index is 3.69. The van der Waals surface area contributed by atoms with Gasteiger partial charge in [0.05, 0.1) is 0 Å². The number of nitrogens with zero attached hydrogens (tertiary/aromatic N) is 1. The van der Waals surface area contributed by atoms with Crippen LogP contribution >= 0.6 is 0 Å². The quantitative estimate of drug-likeness (QED) is 0.0846. The van der Waals surface area contributed by atoms with Gasteiger partial charge in [-0.25, -0.2) is 0 Å². The monoisotopic (exact) mass is 623 g/mol. The van der Waals surface area contributed by atoms with Crippen molar-refractivity contribution < 1.29 is 0 Å². The lowest BCUT2D eigenvalue weighted by Crippen LogP contribution is -2.22. The molecule has 5 aromatic rings. The largest absolute Gasteiger partial charge is 0.385 e. The molecule has 3 nitrogen and oxygen atoms in total. The summed E-state index contributed by atoms with van der Waals surface area (Å²) in [6, 6.07) is 42.5. The van der Waals surface area contributed by atoms with Crippen molar-refractivity contribution in [2.75, 3.05) is 41.7 Å². The SMILES string of the molecule is CCN(CC)c1ccc(C(c2ccc(NCCCc3ccccc3)cc2C)c2ccc(NCCCc3ccccc3)cc2C)c(C)c1. The van der Waals surface area contributed by atoms with Crippen molar-refractivity contribution in [1.29, 1.82) is 0 Å². The molecule has 0 atom stereocenters. The molecule has 0 unspecified atom stereocenters. The van der Waals surface area contributed by atoms with Crippen LogP contribution in [0.1, 0.15) is 77.1 Å². The maximum absolute atomic E-state index is 3.69. The zero-order valence-electron chi connectivity index (χ0n) is 29.2. The molecule has 0 bridgehead atoms. The Balaban J connectivity index is 1.37. The molecule has 5 aromatic carbocycles. The Morgan fingerprint density at radius 3 is 1.34 bits per heavy atom. The third kappa shape index (κ3) is 9.07. The molecule has 0 aromatic heterocycles. The van der Waals surface area contributed by atoms with Crippen LogP contribution in [0.15, 0.2) is 115 Å². The van der Waals surface area contributed by atoms with Gasteiger partial charge in [-0.2, -0.15) is 0 Å². The van der Waals surface area contributed by atoms with E-state index in [-0.39, 0.29) is 5.92 Å². The summed E-state index contributed by atoms with van der Waals surface area (Å²) >= 11 is 0. The molecule has 0 aliphatic heterocycles. The summed E-state index contributed by atoms with van der Waals surface area (Å²) in [6.45, 7) is 15.2. The average Bonchev–Trinajstić information content (AvgIpc) is 3.09. The van der Waals surface area contributed by atoms with Crippen LogP contribution in [0, 0.1) is 20.8 Å². The standard InChI is InChI=1S/C44H53N3/c1-6-47(7-2)40-24-27-43(35(5)32-40)44(41-25-22-38(30-33(41)3)45-28-14-20-36-16-10-8-11-17-36)42-26-23-39(31-34(42)4)46-29-15-21-37-18-12-9-13-19-37/h8-13,16-19,22-27,30-32,44-46H,6-7,14-15,20-21,28-29H2,1-5H3. The Labute approximate surface area is 284 Å². The van der Waals surface area contributed by atoms with E-state index in [1.54, 1.807) is 0 Å². The molecule has 0 aliphatic rings. The highest BCUT2D eigenvalue weighted by Crippen LogP contribution is 2.39. The van der Waals surface area contributed by atoms with Gasteiger partial charge < -0.3 is 15.5 Å². The van der Waals surface area contributed by atoms with E-state index in [9.17, 15) is 0 Å². The van der Waals surface area contributed by atoms with E-state index in [0.29, 0.717) is 0 Å². The van der Waals surface area contributed by atoms with Crippen LogP contribution in [-0.2, 0) is 12.8 Å². The van der Waals surface area contributed by atoms with Gasteiger partial charge in [0, 0.05) is 49.2 Å². The molecule has 0 saturated heterocycles. The van der Waals surface area contributed by atoms with Crippen LogP contribution in [0.3, 0.4) is 0 Å². The van der Waals surface area contributed by atoms with Crippen molar-refractivity contribution >= 4 is 17.1 Å². The Hall–Kier alpha value is -4.50. The van der Waals surface area contributed by atoms with E-state index in [0.717, 1.165) is 51.9 Å². The first-order chi connectivity index (χ1) is 23.0. The maximum Gasteiger partial charge on any atom is 0.0368 e. The summed E-state index contributed by atoms with van der Waals surface area (Å²) in [5, 5.41) is 7.37. The first kappa shape index (κ1) is 33.9. The van der Waals surface area contributed by atoms with E-state index in [2.05, 4.69) is 165 Å². The molecule has 0 amide bonds. The Bertz CT molecular complexity index is 1590. The number of hydrogen-bond donors (Lipinski definition) is 2. The molecule has 0 aliphatic carbocycles. The van der Waals surface area contributed by atoms with Gasteiger partial charge in [-0.15, -0.1) is 0 Å². The molecule has 5 rings (SSSR count). The van der Waals surface area contributed by atoms with Crippen LogP contribution in [-0.4, -0.2) is 26.2 Å². The third-order valence-corrected chi connectivity index (χ3v) is 9.48. The number of nitrogens with one attached hydrogen (secondary N) is 2. The summed E-state index contributed by atoms with van der Waals surface area (Å²) < 4.78 is 0. The minimum Gasteiger partial charge on any atom is -0.385 e. The van der Waals surface area contributed by atoms with Crippen LogP contribution in [0.25, 0.3) is 0 Å². The second-order valence-corrected chi connectivity index (χ2v) is 12.8. The Kier molecular flexibility index (Phi) is 12.2. The van der Waals surface area contributed by atoms with Gasteiger partial charge in [-0.05, 0) is 141 Å². The van der Waals surface area contributed by atoms with Crippen LogP contribution < -0.4 is 15.5 Å². The first-order valence-corrected chi connectivity index (χ1v) is 17.6. The number of hydrogen-bond acceptors (Lipinski definition) is 3. The van der Waals surface area contributed by atoms with Crippen LogP contribution in [0.5, 0.6) is 0 Å². The molecule has 3 heteroatoms. The highest BCUT2D eigenvalue weighted by Gasteiger charge is 2.23. The van der Waals surface area contributed by atoms with Crippen molar-refractivity contribution in [3.8, 4) is 0 Å². The second-order valence-electron chi connectivity index (χ2n) is 12.8. The fourth-order valence-corrected chi connectivity index (χ4v) is 6.83. The molecule has 244 valence electrons. The van der Waals surface area contributed by atoms with Crippen molar-refractivity contribution in [2.24, 2.45) is 0 Å². The molecule has 2 N–H and O–H groups in total. The van der Waals surface area contributed by atoms with Crippen molar-refractivity contribution in [3.05, 3.63) is 160 Å². The summed E-state index contributed by atoms with van der Waals surface area (Å²) in [4.78, 5) is 2.43. The molecule has 0 spiro atoms. The molecule has 47 heavy (non-hydrogen) atoms.